The Morgan fingerprint density at radius 1 is 1.14 bits per heavy atom. The second kappa shape index (κ2) is 15.6. The van der Waals surface area contributed by atoms with Crippen LogP contribution < -0.4 is 22.1 Å². The molecule has 196 valence electrons. The molecule has 1 heterocycles. The summed E-state index contributed by atoms with van der Waals surface area (Å²) in [4.78, 5) is 26.3. The molecule has 6 N–H and O–H groups in total. The van der Waals surface area contributed by atoms with Gasteiger partial charge in [0, 0.05) is 25.1 Å². The summed E-state index contributed by atoms with van der Waals surface area (Å²) in [6, 6.07) is 5.95. The van der Waals surface area contributed by atoms with E-state index in [1.54, 1.807) is 0 Å². The lowest BCUT2D eigenvalue weighted by molar-refractivity contribution is 0.0930. The zero-order valence-electron chi connectivity index (χ0n) is 20.6. The van der Waals surface area contributed by atoms with Gasteiger partial charge in [0.15, 0.2) is 5.96 Å². The largest absolute Gasteiger partial charge is 0.381 e. The molecule has 2 aromatic rings. The van der Waals surface area contributed by atoms with Crippen molar-refractivity contribution >= 4 is 53.4 Å². The number of amides is 1. The van der Waals surface area contributed by atoms with Gasteiger partial charge in [-0.05, 0) is 44.7 Å². The highest BCUT2D eigenvalue weighted by atomic mass is 35.5. The molecular weight excluding hydrogens is 489 g/mol. The first-order valence-electron chi connectivity index (χ1n) is 12.0. The molecular formula is C24H39Cl2N7O2. The molecule has 0 spiro atoms. The number of nitrogens with zero attached hydrogens (tertiary/aromatic N) is 3. The highest BCUT2D eigenvalue weighted by molar-refractivity contribution is 5.96. The van der Waals surface area contributed by atoms with Gasteiger partial charge in [0.1, 0.15) is 5.82 Å². The fourth-order valence-electron chi connectivity index (χ4n) is 4.06. The van der Waals surface area contributed by atoms with Crippen LogP contribution in [0.25, 0.3) is 10.9 Å². The highest BCUT2D eigenvalue weighted by Gasteiger charge is 2.26. The summed E-state index contributed by atoms with van der Waals surface area (Å²) in [6.07, 6.45) is 6.92. The van der Waals surface area contributed by atoms with Crippen LogP contribution in [0.5, 0.6) is 0 Å². The van der Waals surface area contributed by atoms with E-state index in [4.69, 9.17) is 16.2 Å². The second-order valence-electron chi connectivity index (χ2n) is 8.65. The quantitative estimate of drug-likeness (QED) is 0.198. The molecule has 1 aliphatic carbocycles. The fraction of sp³-hybridized carbons (Fsp3) is 0.583. The van der Waals surface area contributed by atoms with Crippen molar-refractivity contribution in [3.8, 4) is 0 Å². The summed E-state index contributed by atoms with van der Waals surface area (Å²) in [6.45, 7) is 6.05. The van der Waals surface area contributed by atoms with Gasteiger partial charge in [0.05, 0.1) is 17.6 Å². The maximum absolute atomic E-state index is 12.8. The number of nitrogens with two attached hydrogens (primary N) is 2. The van der Waals surface area contributed by atoms with Gasteiger partial charge in [-0.25, -0.2) is 15.0 Å². The van der Waals surface area contributed by atoms with Crippen LogP contribution in [0, 0.1) is 6.92 Å². The Morgan fingerprint density at radius 3 is 2.63 bits per heavy atom. The molecule has 0 radical (unpaired) electrons. The second-order valence-corrected chi connectivity index (χ2v) is 8.65. The third-order valence-corrected chi connectivity index (χ3v) is 5.81. The standard InChI is InChI=1S/C24H37N7O2.2ClH/c1-3-4-13-33-14-7-12-27-23(32)22-28-18-11-10-16(2)15-17(18)21(31-22)29-19-8-5-6-9-20(19)30-24(25)26;;/h10-11,15,19-20H,3-9,12-14H2,1-2H3,(H,27,32)(H4,25,26,30)(H,28,29,31);2*1H/t19-,20+;;/m0../s1. The Kier molecular flexibility index (Phi) is 13.7. The number of nitrogens with one attached hydrogen (secondary N) is 2. The highest BCUT2D eigenvalue weighted by Crippen LogP contribution is 2.28. The van der Waals surface area contributed by atoms with E-state index in [-0.39, 0.29) is 54.6 Å². The molecule has 1 aromatic carbocycles. The van der Waals surface area contributed by atoms with Crippen LogP contribution in [0.2, 0.25) is 0 Å². The van der Waals surface area contributed by atoms with Crippen molar-refractivity contribution in [1.82, 2.24) is 15.3 Å². The van der Waals surface area contributed by atoms with Gasteiger partial charge >= 0.3 is 0 Å². The van der Waals surface area contributed by atoms with Gasteiger partial charge in [-0.3, -0.25) is 4.79 Å². The van der Waals surface area contributed by atoms with Gasteiger partial charge in [-0.15, -0.1) is 24.8 Å². The zero-order chi connectivity index (χ0) is 23.6. The van der Waals surface area contributed by atoms with E-state index in [0.29, 0.717) is 19.0 Å². The van der Waals surface area contributed by atoms with Crippen molar-refractivity contribution in [1.29, 1.82) is 0 Å². The molecule has 0 saturated heterocycles. The molecule has 1 amide bonds. The van der Waals surface area contributed by atoms with Crippen molar-refractivity contribution in [2.24, 2.45) is 16.5 Å². The number of hydrogen-bond donors (Lipinski definition) is 4. The lowest BCUT2D eigenvalue weighted by Gasteiger charge is -2.30. The Balaban J connectivity index is 0.00000306. The Hall–Kier alpha value is -2.36. The number of benzene rings is 1. The molecule has 0 unspecified atom stereocenters. The van der Waals surface area contributed by atoms with Crippen LogP contribution in [0.1, 0.15) is 68.1 Å². The summed E-state index contributed by atoms with van der Waals surface area (Å²) in [5, 5.41) is 7.31. The Morgan fingerprint density at radius 2 is 1.89 bits per heavy atom. The zero-order valence-corrected chi connectivity index (χ0v) is 22.2. The smallest absolute Gasteiger partial charge is 0.289 e. The number of rotatable bonds is 11. The summed E-state index contributed by atoms with van der Waals surface area (Å²) in [5.74, 6) is 0.587. The monoisotopic (exact) mass is 527 g/mol. The molecule has 0 aliphatic heterocycles. The van der Waals surface area contributed by atoms with Gasteiger partial charge in [-0.2, -0.15) is 0 Å². The van der Waals surface area contributed by atoms with Gasteiger partial charge in [0.25, 0.3) is 5.91 Å². The lowest BCUT2D eigenvalue weighted by Crippen LogP contribution is -2.38. The van der Waals surface area contributed by atoms with Crippen LogP contribution in [-0.4, -0.2) is 53.7 Å². The first-order chi connectivity index (χ1) is 16.0. The summed E-state index contributed by atoms with van der Waals surface area (Å²) in [5.41, 5.74) is 13.1. The SMILES string of the molecule is CCCCOCCCNC(=O)c1nc(N[C@H]2CCCC[C@H]2N=C(N)N)c2cc(C)ccc2n1.Cl.Cl. The van der Waals surface area contributed by atoms with Crippen LogP contribution in [-0.2, 0) is 4.74 Å². The lowest BCUT2D eigenvalue weighted by atomic mass is 9.90. The van der Waals surface area contributed by atoms with Crippen LogP contribution in [0.15, 0.2) is 23.2 Å². The number of anilines is 1. The number of carbonyl (C=O) groups is 1. The van der Waals surface area contributed by atoms with Crippen molar-refractivity contribution in [3.63, 3.8) is 0 Å². The number of halogens is 2. The van der Waals surface area contributed by atoms with Crippen LogP contribution >= 0.6 is 24.8 Å². The van der Waals surface area contributed by atoms with E-state index in [1.165, 1.54) is 0 Å². The molecule has 9 nitrogen and oxygen atoms in total. The topological polar surface area (TPSA) is 141 Å². The molecule has 1 fully saturated rings. The average molecular weight is 529 g/mol. The minimum absolute atomic E-state index is 0. The van der Waals surface area contributed by atoms with Crippen LogP contribution in [0.3, 0.4) is 0 Å². The molecule has 1 saturated carbocycles. The minimum Gasteiger partial charge on any atom is -0.381 e. The van der Waals surface area contributed by atoms with Gasteiger partial charge < -0.3 is 26.8 Å². The summed E-state index contributed by atoms with van der Waals surface area (Å²) >= 11 is 0. The van der Waals surface area contributed by atoms with Crippen molar-refractivity contribution < 1.29 is 9.53 Å². The maximum Gasteiger partial charge on any atom is 0.289 e. The number of carbonyl (C=O) groups excluding carboxylic acids is 1. The third kappa shape index (κ3) is 9.31. The number of aryl methyl sites for hydroxylation is 1. The third-order valence-electron chi connectivity index (χ3n) is 5.81. The number of unbranched alkanes of at least 4 members (excludes halogenated alkanes) is 1. The van der Waals surface area contributed by atoms with Crippen LogP contribution in [0.4, 0.5) is 5.82 Å². The number of fused-ring (bicyclic) bond motifs is 1. The molecule has 2 atom stereocenters. The normalized spacial score (nSPS) is 17.1. The van der Waals surface area contributed by atoms with E-state index in [2.05, 4.69) is 32.5 Å². The number of guanidine groups is 1. The number of hydrogen-bond acceptors (Lipinski definition) is 6. The van der Waals surface area contributed by atoms with Crippen molar-refractivity contribution in [3.05, 3.63) is 29.6 Å². The van der Waals surface area contributed by atoms with E-state index in [1.807, 2.05) is 25.1 Å². The van der Waals surface area contributed by atoms with E-state index < -0.39 is 0 Å². The van der Waals surface area contributed by atoms with E-state index in [9.17, 15) is 4.79 Å². The maximum atomic E-state index is 12.8. The first kappa shape index (κ1) is 30.7. The summed E-state index contributed by atoms with van der Waals surface area (Å²) in [7, 11) is 0. The molecule has 0 bridgehead atoms. The average Bonchev–Trinajstić information content (AvgIpc) is 2.79. The first-order valence-corrected chi connectivity index (χ1v) is 12.0. The Bertz CT molecular complexity index is 970. The predicted molar refractivity (Wildman–Crippen MR) is 147 cm³/mol. The number of ether oxygens (including phenoxy) is 1. The van der Waals surface area contributed by atoms with E-state index in [0.717, 1.165) is 68.0 Å². The van der Waals surface area contributed by atoms with Gasteiger partial charge in [0.2, 0.25) is 5.82 Å². The van der Waals surface area contributed by atoms with Crippen molar-refractivity contribution in [2.45, 2.75) is 70.9 Å². The minimum atomic E-state index is -0.293. The molecule has 1 aromatic heterocycles. The van der Waals surface area contributed by atoms with Crippen molar-refractivity contribution in [2.75, 3.05) is 25.1 Å². The summed E-state index contributed by atoms with van der Waals surface area (Å²) < 4.78 is 5.55. The predicted octanol–water partition coefficient (Wildman–Crippen LogP) is 3.71. The molecule has 3 rings (SSSR count). The number of aliphatic imine (C=N–C) groups is 1. The molecule has 35 heavy (non-hydrogen) atoms. The molecule has 11 heteroatoms. The van der Waals surface area contributed by atoms with E-state index >= 15 is 0 Å². The number of aromatic nitrogens is 2. The molecule has 1 aliphatic rings. The fourth-order valence-corrected chi connectivity index (χ4v) is 4.06. The van der Waals surface area contributed by atoms with Gasteiger partial charge in [-0.1, -0.05) is 37.8 Å². The Labute approximate surface area is 220 Å².